The molecule has 4 rings (SSSR count). The number of nitrogens with zero attached hydrogens (tertiary/aromatic N) is 3. The predicted molar refractivity (Wildman–Crippen MR) is 137 cm³/mol. The number of aromatic nitrogens is 3. The van der Waals surface area contributed by atoms with Gasteiger partial charge in [0.25, 0.3) is 0 Å². The molecule has 0 aliphatic heterocycles. The third kappa shape index (κ3) is 5.26. The second-order valence-corrected chi connectivity index (χ2v) is 8.50. The highest BCUT2D eigenvalue weighted by molar-refractivity contribution is 6.41. The van der Waals surface area contributed by atoms with Gasteiger partial charge in [0.05, 0.1) is 25.6 Å². The topological polar surface area (TPSA) is 110 Å². The predicted octanol–water partition coefficient (Wildman–Crippen LogP) is 4.85. The first kappa shape index (κ1) is 24.6. The van der Waals surface area contributed by atoms with Crippen molar-refractivity contribution in [3.05, 3.63) is 59.5 Å². The molecule has 1 aromatic carbocycles. The summed E-state index contributed by atoms with van der Waals surface area (Å²) in [6.45, 7) is 3.50. The number of nitrogens with one attached hydrogen (secondary N) is 3. The number of hydrogen-bond acceptors (Lipinski definition) is 8. The number of benzene rings is 1. The van der Waals surface area contributed by atoms with E-state index in [1.807, 2.05) is 12.1 Å². The van der Waals surface area contributed by atoms with E-state index in [9.17, 15) is 4.79 Å². The molecule has 1 aliphatic rings. The maximum absolute atomic E-state index is 11.6. The average Bonchev–Trinajstić information content (AvgIpc) is 2.88. The van der Waals surface area contributed by atoms with Crippen molar-refractivity contribution in [2.75, 3.05) is 24.9 Å². The van der Waals surface area contributed by atoms with Crippen LogP contribution in [-0.2, 0) is 4.79 Å². The van der Waals surface area contributed by atoms with Gasteiger partial charge in [-0.05, 0) is 31.1 Å². The molecule has 11 heteroatoms. The molecule has 3 aromatic rings. The zero-order chi connectivity index (χ0) is 24.9. The Morgan fingerprint density at radius 3 is 2.43 bits per heavy atom. The fraction of sp³-hybridized carbons (Fsp3) is 0.250. The molecule has 35 heavy (non-hydrogen) atoms. The van der Waals surface area contributed by atoms with Crippen LogP contribution >= 0.6 is 23.2 Å². The summed E-state index contributed by atoms with van der Waals surface area (Å²) in [5, 5.41) is 10.1. The summed E-state index contributed by atoms with van der Waals surface area (Å²) in [6, 6.07) is 7.19. The van der Waals surface area contributed by atoms with Gasteiger partial charge in [-0.2, -0.15) is 0 Å². The molecule has 0 saturated heterocycles. The molecule has 9 nitrogen and oxygen atoms in total. The van der Waals surface area contributed by atoms with Crippen LogP contribution in [0.15, 0.2) is 49.4 Å². The number of hydrogen-bond donors (Lipinski definition) is 3. The number of ether oxygens (including phenoxy) is 2. The standard InChI is InChI=1S/C24H24Cl2N6O3/c1-4-20(33)31-15-8-7-14(15)30-19-10-16(28-12-29-19)13-6-5-9-27-24(13)32-23-21(25)17(34-2)11-18(35-3)22(23)26/h4-6,9-12,14-15H,1,7-8H2,2-3H3,(H,27,32)(H,31,33)(H,28,29,30)/t14-,15+/m1/s1. The van der Waals surface area contributed by atoms with Crippen LogP contribution in [0.5, 0.6) is 11.5 Å². The average molecular weight is 515 g/mol. The van der Waals surface area contributed by atoms with E-state index in [1.54, 1.807) is 18.3 Å². The summed E-state index contributed by atoms with van der Waals surface area (Å²) < 4.78 is 10.7. The zero-order valence-corrected chi connectivity index (χ0v) is 20.7. The fourth-order valence-corrected chi connectivity index (χ4v) is 4.28. The molecule has 0 unspecified atom stereocenters. The van der Waals surface area contributed by atoms with E-state index in [4.69, 9.17) is 32.7 Å². The summed E-state index contributed by atoms with van der Waals surface area (Å²) in [7, 11) is 3.02. The molecule has 1 fully saturated rings. The number of anilines is 3. The van der Waals surface area contributed by atoms with Gasteiger partial charge in [0.2, 0.25) is 5.91 Å². The number of rotatable bonds is 9. The Kier molecular flexibility index (Phi) is 7.57. The van der Waals surface area contributed by atoms with Crippen LogP contribution in [0.3, 0.4) is 0 Å². The second-order valence-electron chi connectivity index (χ2n) is 7.74. The van der Waals surface area contributed by atoms with E-state index in [0.29, 0.717) is 40.1 Å². The minimum Gasteiger partial charge on any atom is -0.495 e. The van der Waals surface area contributed by atoms with Crippen molar-refractivity contribution in [1.82, 2.24) is 20.3 Å². The molecule has 0 bridgehead atoms. The number of methoxy groups -OCH3 is 2. The van der Waals surface area contributed by atoms with E-state index in [-0.39, 0.29) is 28.0 Å². The van der Waals surface area contributed by atoms with Gasteiger partial charge in [-0.1, -0.05) is 29.8 Å². The first-order valence-electron chi connectivity index (χ1n) is 10.8. The van der Waals surface area contributed by atoms with Crippen molar-refractivity contribution < 1.29 is 14.3 Å². The van der Waals surface area contributed by atoms with Crippen LogP contribution in [0.1, 0.15) is 12.8 Å². The van der Waals surface area contributed by atoms with Gasteiger partial charge >= 0.3 is 0 Å². The molecule has 1 amide bonds. The molecule has 1 saturated carbocycles. The molecular formula is C24H24Cl2N6O3. The Bertz CT molecular complexity index is 1230. The molecule has 0 radical (unpaired) electrons. The first-order valence-corrected chi connectivity index (χ1v) is 11.5. The monoisotopic (exact) mass is 514 g/mol. The Morgan fingerprint density at radius 2 is 1.80 bits per heavy atom. The quantitative estimate of drug-likeness (QED) is 0.347. The van der Waals surface area contributed by atoms with Crippen LogP contribution in [0.2, 0.25) is 10.0 Å². The second kappa shape index (κ2) is 10.8. The zero-order valence-electron chi connectivity index (χ0n) is 19.1. The molecule has 2 aromatic heterocycles. The maximum atomic E-state index is 11.6. The minimum absolute atomic E-state index is 0.0156. The summed E-state index contributed by atoms with van der Waals surface area (Å²) in [4.78, 5) is 24.9. The molecule has 1 aliphatic carbocycles. The van der Waals surface area contributed by atoms with Crippen LogP contribution in [0.25, 0.3) is 11.3 Å². The Labute approximate surface area is 212 Å². The number of carbonyl (C=O) groups excluding carboxylic acids is 1. The lowest BCUT2D eigenvalue weighted by Gasteiger charge is -2.37. The number of halogens is 2. The summed E-state index contributed by atoms with van der Waals surface area (Å²) in [5.74, 6) is 1.73. The van der Waals surface area contributed by atoms with Crippen LogP contribution in [0, 0.1) is 0 Å². The van der Waals surface area contributed by atoms with Gasteiger partial charge in [0.15, 0.2) is 0 Å². The molecular weight excluding hydrogens is 491 g/mol. The lowest BCUT2D eigenvalue weighted by Crippen LogP contribution is -2.53. The fourth-order valence-electron chi connectivity index (χ4n) is 3.69. The van der Waals surface area contributed by atoms with Gasteiger partial charge in [-0.3, -0.25) is 4.79 Å². The van der Waals surface area contributed by atoms with E-state index in [2.05, 4.69) is 37.5 Å². The van der Waals surface area contributed by atoms with E-state index in [0.717, 1.165) is 12.8 Å². The number of amides is 1. The third-order valence-electron chi connectivity index (χ3n) is 5.69. The van der Waals surface area contributed by atoms with E-state index >= 15 is 0 Å². The molecule has 182 valence electrons. The maximum Gasteiger partial charge on any atom is 0.243 e. The molecule has 2 atom stereocenters. The Hall–Kier alpha value is -3.56. The van der Waals surface area contributed by atoms with Crippen molar-refractivity contribution in [2.24, 2.45) is 0 Å². The highest BCUT2D eigenvalue weighted by Crippen LogP contribution is 2.45. The van der Waals surface area contributed by atoms with Gasteiger partial charge in [0, 0.05) is 36.0 Å². The lowest BCUT2D eigenvalue weighted by molar-refractivity contribution is -0.117. The highest BCUT2D eigenvalue weighted by atomic mass is 35.5. The van der Waals surface area contributed by atoms with Crippen LogP contribution in [-0.4, -0.2) is 47.2 Å². The molecule has 3 N–H and O–H groups in total. The summed E-state index contributed by atoms with van der Waals surface area (Å²) >= 11 is 13.1. The minimum atomic E-state index is -0.192. The lowest BCUT2D eigenvalue weighted by atomic mass is 9.86. The normalized spacial score (nSPS) is 16.6. The van der Waals surface area contributed by atoms with Gasteiger partial charge in [-0.25, -0.2) is 15.0 Å². The Morgan fingerprint density at radius 1 is 1.09 bits per heavy atom. The van der Waals surface area contributed by atoms with Crippen molar-refractivity contribution in [3.63, 3.8) is 0 Å². The van der Waals surface area contributed by atoms with E-state index in [1.165, 1.54) is 26.6 Å². The first-order chi connectivity index (χ1) is 16.9. The highest BCUT2D eigenvalue weighted by Gasteiger charge is 2.32. The number of pyridine rings is 1. The summed E-state index contributed by atoms with van der Waals surface area (Å²) in [6.07, 6.45) is 6.18. The largest absolute Gasteiger partial charge is 0.495 e. The van der Waals surface area contributed by atoms with Gasteiger partial charge in [0.1, 0.15) is 39.5 Å². The Balaban J connectivity index is 1.61. The SMILES string of the molecule is C=CC(=O)N[C@H]1CC[C@H]1Nc1cc(-c2cccnc2Nc2c(Cl)c(OC)cc(OC)c2Cl)ncn1. The molecule has 0 spiro atoms. The third-order valence-corrected chi connectivity index (χ3v) is 6.44. The van der Waals surface area contributed by atoms with E-state index < -0.39 is 0 Å². The van der Waals surface area contributed by atoms with Crippen LogP contribution in [0.4, 0.5) is 17.3 Å². The van der Waals surface area contributed by atoms with Crippen LogP contribution < -0.4 is 25.4 Å². The van der Waals surface area contributed by atoms with Crippen molar-refractivity contribution >= 4 is 46.4 Å². The van der Waals surface area contributed by atoms with Crippen molar-refractivity contribution in [1.29, 1.82) is 0 Å². The molecule has 2 heterocycles. The number of carbonyl (C=O) groups is 1. The van der Waals surface area contributed by atoms with Gasteiger partial charge in [-0.15, -0.1) is 0 Å². The summed E-state index contributed by atoms with van der Waals surface area (Å²) in [5.41, 5.74) is 1.73. The smallest absolute Gasteiger partial charge is 0.243 e. The van der Waals surface area contributed by atoms with Crippen molar-refractivity contribution in [2.45, 2.75) is 24.9 Å². The van der Waals surface area contributed by atoms with Crippen molar-refractivity contribution in [3.8, 4) is 22.8 Å². The van der Waals surface area contributed by atoms with Gasteiger partial charge < -0.3 is 25.4 Å².